The van der Waals surface area contributed by atoms with Crippen LogP contribution in [0.2, 0.25) is 0 Å². The molecule has 0 aliphatic rings. The zero-order valence-electron chi connectivity index (χ0n) is 8.81. The summed E-state index contributed by atoms with van der Waals surface area (Å²) in [5.41, 5.74) is 5.59. The fraction of sp³-hybridized carbons (Fsp3) is 0.0909. The van der Waals surface area contributed by atoms with E-state index in [-0.39, 0.29) is 18.2 Å². The van der Waals surface area contributed by atoms with E-state index < -0.39 is 5.82 Å². The van der Waals surface area contributed by atoms with Gasteiger partial charge in [-0.3, -0.25) is 5.41 Å². The number of hydrogen-bond acceptors (Lipinski definition) is 4. The Balaban J connectivity index is 2.09. The quantitative estimate of drug-likeness (QED) is 0.646. The summed E-state index contributed by atoms with van der Waals surface area (Å²) in [6, 6.07) is 4.18. The van der Waals surface area contributed by atoms with Crippen molar-refractivity contribution in [3.8, 4) is 5.75 Å². The molecule has 17 heavy (non-hydrogen) atoms. The Kier molecular flexibility index (Phi) is 3.34. The molecule has 0 radical (unpaired) electrons. The van der Waals surface area contributed by atoms with Crippen molar-refractivity contribution in [1.29, 1.82) is 5.41 Å². The van der Waals surface area contributed by atoms with Crippen molar-refractivity contribution in [3.05, 3.63) is 46.2 Å². The normalized spacial score (nSPS) is 10.2. The summed E-state index contributed by atoms with van der Waals surface area (Å²) in [6.07, 6.45) is 1.67. The van der Waals surface area contributed by atoms with Gasteiger partial charge in [-0.2, -0.15) is 0 Å². The van der Waals surface area contributed by atoms with Gasteiger partial charge in [-0.05, 0) is 18.2 Å². The molecule has 0 bridgehead atoms. The topological polar surface area (TPSA) is 72.0 Å². The van der Waals surface area contributed by atoms with Crippen LogP contribution in [0.3, 0.4) is 0 Å². The molecular formula is C11H10FN3OS. The van der Waals surface area contributed by atoms with Crippen LogP contribution in [0.1, 0.15) is 10.6 Å². The number of nitrogens with two attached hydrogens (primary N) is 1. The number of rotatable bonds is 4. The van der Waals surface area contributed by atoms with Crippen LogP contribution in [-0.2, 0) is 6.61 Å². The van der Waals surface area contributed by atoms with E-state index >= 15 is 0 Å². The Morgan fingerprint density at radius 1 is 1.53 bits per heavy atom. The van der Waals surface area contributed by atoms with Crippen LogP contribution in [0.5, 0.6) is 5.75 Å². The van der Waals surface area contributed by atoms with Gasteiger partial charge in [-0.15, -0.1) is 11.3 Å². The first kappa shape index (κ1) is 11.5. The van der Waals surface area contributed by atoms with Crippen LogP contribution in [0, 0.1) is 11.2 Å². The maximum atomic E-state index is 13.5. The Bertz CT molecular complexity index is 528. The molecule has 0 aliphatic heterocycles. The minimum atomic E-state index is -0.533. The van der Waals surface area contributed by atoms with Gasteiger partial charge < -0.3 is 10.5 Å². The number of ether oxygens (including phenoxy) is 1. The lowest BCUT2D eigenvalue weighted by molar-refractivity contribution is 0.289. The molecule has 0 fully saturated rings. The number of thiazole rings is 1. The molecule has 0 saturated carbocycles. The van der Waals surface area contributed by atoms with Crippen molar-refractivity contribution in [2.24, 2.45) is 5.73 Å². The molecule has 0 unspecified atom stereocenters. The fourth-order valence-corrected chi connectivity index (χ4v) is 1.78. The van der Waals surface area contributed by atoms with Crippen LogP contribution in [0.25, 0.3) is 0 Å². The number of aromatic nitrogens is 1. The first-order valence-electron chi connectivity index (χ1n) is 4.82. The summed E-state index contributed by atoms with van der Waals surface area (Å²) in [4.78, 5) is 4.02. The predicted octanol–water partition coefficient (Wildman–Crippen LogP) is 2.15. The SMILES string of the molecule is N=C(N)c1ccc(OCc2nccs2)c(F)c1. The Labute approximate surface area is 101 Å². The lowest BCUT2D eigenvalue weighted by Crippen LogP contribution is -2.11. The van der Waals surface area contributed by atoms with E-state index in [9.17, 15) is 4.39 Å². The summed E-state index contributed by atoms with van der Waals surface area (Å²) >= 11 is 1.44. The molecule has 1 aromatic heterocycles. The Hall–Kier alpha value is -1.95. The van der Waals surface area contributed by atoms with E-state index in [4.69, 9.17) is 15.9 Å². The molecule has 1 heterocycles. The van der Waals surface area contributed by atoms with Crippen molar-refractivity contribution in [3.63, 3.8) is 0 Å². The van der Waals surface area contributed by atoms with Crippen molar-refractivity contribution in [2.75, 3.05) is 0 Å². The minimum absolute atomic E-state index is 0.130. The van der Waals surface area contributed by atoms with E-state index in [0.717, 1.165) is 5.01 Å². The third-order valence-corrected chi connectivity index (χ3v) is 2.83. The Morgan fingerprint density at radius 3 is 2.94 bits per heavy atom. The van der Waals surface area contributed by atoms with Crippen molar-refractivity contribution >= 4 is 17.2 Å². The molecule has 88 valence electrons. The highest BCUT2D eigenvalue weighted by atomic mass is 32.1. The maximum absolute atomic E-state index is 13.5. The third-order valence-electron chi connectivity index (χ3n) is 2.08. The van der Waals surface area contributed by atoms with E-state index in [1.54, 1.807) is 12.3 Å². The fourth-order valence-electron chi connectivity index (χ4n) is 1.25. The smallest absolute Gasteiger partial charge is 0.165 e. The van der Waals surface area contributed by atoms with Crippen molar-refractivity contribution < 1.29 is 9.13 Å². The molecule has 1 aromatic carbocycles. The predicted molar refractivity (Wildman–Crippen MR) is 63.9 cm³/mol. The standard InChI is InChI=1S/C11H10FN3OS/c12-8-5-7(11(13)14)1-2-9(8)16-6-10-15-3-4-17-10/h1-5H,6H2,(H3,13,14). The lowest BCUT2D eigenvalue weighted by atomic mass is 10.2. The molecule has 0 aliphatic carbocycles. The largest absolute Gasteiger partial charge is 0.483 e. The highest BCUT2D eigenvalue weighted by molar-refractivity contribution is 7.09. The van der Waals surface area contributed by atoms with Crippen molar-refractivity contribution in [2.45, 2.75) is 6.61 Å². The summed E-state index contributed by atoms with van der Waals surface area (Å²) in [5, 5.41) is 9.79. The second kappa shape index (κ2) is 4.92. The summed E-state index contributed by atoms with van der Waals surface area (Å²) in [5.74, 6) is -0.574. The Morgan fingerprint density at radius 2 is 2.35 bits per heavy atom. The van der Waals surface area contributed by atoms with Gasteiger partial charge in [-0.1, -0.05) is 0 Å². The first-order valence-corrected chi connectivity index (χ1v) is 5.70. The molecule has 4 nitrogen and oxygen atoms in total. The van der Waals surface area contributed by atoms with Gasteiger partial charge in [0.05, 0.1) is 0 Å². The number of benzene rings is 1. The molecule has 2 rings (SSSR count). The van der Waals surface area contributed by atoms with Gasteiger partial charge >= 0.3 is 0 Å². The van der Waals surface area contributed by atoms with E-state index in [0.29, 0.717) is 5.56 Å². The zero-order chi connectivity index (χ0) is 12.3. The second-order valence-electron chi connectivity index (χ2n) is 3.27. The van der Waals surface area contributed by atoms with Gasteiger partial charge in [0.2, 0.25) is 0 Å². The van der Waals surface area contributed by atoms with E-state index in [1.807, 2.05) is 5.38 Å². The molecule has 2 aromatic rings. The van der Waals surface area contributed by atoms with Crippen LogP contribution in [0.15, 0.2) is 29.8 Å². The van der Waals surface area contributed by atoms with Crippen LogP contribution in [-0.4, -0.2) is 10.8 Å². The minimum Gasteiger partial charge on any atom is -0.483 e. The molecule has 3 N–H and O–H groups in total. The molecule has 6 heteroatoms. The number of nitrogens with zero attached hydrogens (tertiary/aromatic N) is 1. The number of nitrogens with one attached hydrogen (secondary N) is 1. The van der Waals surface area contributed by atoms with Gasteiger partial charge in [-0.25, -0.2) is 9.37 Å². The highest BCUT2D eigenvalue weighted by Gasteiger charge is 2.07. The van der Waals surface area contributed by atoms with Gasteiger partial charge in [0.15, 0.2) is 11.6 Å². The summed E-state index contributed by atoms with van der Waals surface area (Å²) in [7, 11) is 0. The summed E-state index contributed by atoms with van der Waals surface area (Å²) in [6.45, 7) is 0.230. The van der Waals surface area contributed by atoms with Crippen LogP contribution in [0.4, 0.5) is 4.39 Å². The average Bonchev–Trinajstić information content (AvgIpc) is 2.80. The van der Waals surface area contributed by atoms with Gasteiger partial charge in [0, 0.05) is 17.1 Å². The molecular weight excluding hydrogens is 241 g/mol. The number of halogens is 1. The zero-order valence-corrected chi connectivity index (χ0v) is 9.63. The number of nitrogen functional groups attached to an aromatic ring is 1. The molecule has 0 atom stereocenters. The maximum Gasteiger partial charge on any atom is 0.165 e. The second-order valence-corrected chi connectivity index (χ2v) is 4.25. The van der Waals surface area contributed by atoms with Gasteiger partial charge in [0.1, 0.15) is 17.5 Å². The van der Waals surface area contributed by atoms with E-state index in [1.165, 1.54) is 23.5 Å². The molecule has 0 spiro atoms. The third kappa shape index (κ3) is 2.79. The van der Waals surface area contributed by atoms with E-state index in [2.05, 4.69) is 4.98 Å². The average molecular weight is 251 g/mol. The number of hydrogen-bond donors (Lipinski definition) is 2. The summed E-state index contributed by atoms with van der Waals surface area (Å²) < 4.78 is 18.8. The lowest BCUT2D eigenvalue weighted by Gasteiger charge is -2.06. The van der Waals surface area contributed by atoms with Crippen molar-refractivity contribution in [1.82, 2.24) is 4.98 Å². The monoisotopic (exact) mass is 251 g/mol. The van der Waals surface area contributed by atoms with Gasteiger partial charge in [0.25, 0.3) is 0 Å². The highest BCUT2D eigenvalue weighted by Crippen LogP contribution is 2.19. The van der Waals surface area contributed by atoms with Crippen LogP contribution >= 0.6 is 11.3 Å². The first-order chi connectivity index (χ1) is 8.16. The molecule has 0 amide bonds. The number of amidine groups is 1. The van der Waals surface area contributed by atoms with Crippen LogP contribution < -0.4 is 10.5 Å². The molecule has 0 saturated heterocycles.